The number of guanidine groups is 1. The van der Waals surface area contributed by atoms with E-state index in [0.29, 0.717) is 25.0 Å². The average Bonchev–Trinajstić information content (AvgIpc) is 2.39. The lowest BCUT2D eigenvalue weighted by Crippen LogP contribution is -2.23. The molecule has 0 unspecified atom stereocenters. The molecule has 0 bridgehead atoms. The molecule has 0 aliphatic heterocycles. The van der Waals surface area contributed by atoms with Crippen LogP contribution in [0, 0.1) is 5.92 Å². The molecule has 1 aromatic carbocycles. The number of nitrogens with two attached hydrogens (primary N) is 1. The van der Waals surface area contributed by atoms with Crippen LogP contribution < -0.4 is 15.8 Å². The topological polar surface area (TPSA) is 68.9 Å². The first-order valence-corrected chi connectivity index (χ1v) is 6.40. The second-order valence-corrected chi connectivity index (χ2v) is 4.59. The van der Waals surface area contributed by atoms with Gasteiger partial charge in [0.1, 0.15) is 5.75 Å². The van der Waals surface area contributed by atoms with Gasteiger partial charge in [-0.2, -0.15) is 0 Å². The van der Waals surface area contributed by atoms with Gasteiger partial charge in [-0.1, -0.05) is 13.8 Å². The monoisotopic (exact) mass is 265 g/mol. The standard InChI is InChI=1S/C14H23N3O2/c1-11(2)10-19-9-8-16-14(15)17-12-4-6-13(18-3)7-5-12/h4-7,11H,8-10H2,1-3H3,(H3,15,16,17). The van der Waals surface area contributed by atoms with Crippen molar-refractivity contribution in [3.8, 4) is 5.75 Å². The van der Waals surface area contributed by atoms with Gasteiger partial charge in [0.05, 0.1) is 20.3 Å². The molecule has 1 aromatic rings. The first-order valence-electron chi connectivity index (χ1n) is 6.40. The molecule has 0 fully saturated rings. The summed E-state index contributed by atoms with van der Waals surface area (Å²) in [6, 6.07) is 7.50. The lowest BCUT2D eigenvalue weighted by molar-refractivity contribution is 0.117. The molecule has 1 rings (SSSR count). The maximum atomic E-state index is 5.77. The number of benzene rings is 1. The van der Waals surface area contributed by atoms with Crippen LogP contribution in [0.4, 0.5) is 5.69 Å². The van der Waals surface area contributed by atoms with E-state index in [2.05, 4.69) is 24.2 Å². The Kier molecular flexibility index (Phi) is 6.74. The van der Waals surface area contributed by atoms with Gasteiger partial charge in [0.2, 0.25) is 0 Å². The summed E-state index contributed by atoms with van der Waals surface area (Å²) in [4.78, 5) is 4.19. The summed E-state index contributed by atoms with van der Waals surface area (Å²) in [5.74, 6) is 1.74. The van der Waals surface area contributed by atoms with Crippen molar-refractivity contribution < 1.29 is 9.47 Å². The molecule has 0 spiro atoms. The third-order valence-electron chi connectivity index (χ3n) is 2.33. The number of methoxy groups -OCH3 is 1. The molecule has 5 heteroatoms. The van der Waals surface area contributed by atoms with Crippen molar-refractivity contribution in [3.05, 3.63) is 24.3 Å². The predicted molar refractivity (Wildman–Crippen MR) is 78.8 cm³/mol. The lowest BCUT2D eigenvalue weighted by Gasteiger charge is -2.07. The van der Waals surface area contributed by atoms with Crippen LogP contribution >= 0.6 is 0 Å². The van der Waals surface area contributed by atoms with E-state index in [1.165, 1.54) is 0 Å². The molecule has 0 heterocycles. The Labute approximate surface area is 114 Å². The van der Waals surface area contributed by atoms with Crippen molar-refractivity contribution in [2.75, 3.05) is 32.2 Å². The van der Waals surface area contributed by atoms with Gasteiger partial charge in [-0.15, -0.1) is 0 Å². The van der Waals surface area contributed by atoms with Crippen LogP contribution in [-0.2, 0) is 4.74 Å². The Balaban J connectivity index is 2.30. The smallest absolute Gasteiger partial charge is 0.193 e. The van der Waals surface area contributed by atoms with Crippen LogP contribution in [-0.4, -0.2) is 32.8 Å². The first kappa shape index (κ1) is 15.3. The molecule has 106 valence electrons. The number of nitrogens with one attached hydrogen (secondary N) is 1. The molecule has 0 aliphatic rings. The van der Waals surface area contributed by atoms with E-state index in [1.807, 2.05) is 24.3 Å². The molecule has 0 saturated carbocycles. The average molecular weight is 265 g/mol. The van der Waals surface area contributed by atoms with Gasteiger partial charge in [0.25, 0.3) is 0 Å². The third-order valence-corrected chi connectivity index (χ3v) is 2.33. The second-order valence-electron chi connectivity index (χ2n) is 4.59. The predicted octanol–water partition coefficient (Wildman–Crippen LogP) is 2.09. The van der Waals surface area contributed by atoms with Crippen LogP contribution in [0.15, 0.2) is 29.3 Å². The first-order chi connectivity index (χ1) is 9.11. The van der Waals surface area contributed by atoms with Gasteiger partial charge < -0.3 is 20.5 Å². The quantitative estimate of drug-likeness (QED) is 0.450. The number of hydrogen-bond donors (Lipinski definition) is 2. The van der Waals surface area contributed by atoms with Crippen LogP contribution in [0.5, 0.6) is 5.75 Å². The highest BCUT2D eigenvalue weighted by atomic mass is 16.5. The normalized spacial score (nSPS) is 11.7. The largest absolute Gasteiger partial charge is 0.497 e. The van der Waals surface area contributed by atoms with E-state index in [9.17, 15) is 0 Å². The molecule has 0 aliphatic carbocycles. The fraction of sp³-hybridized carbons (Fsp3) is 0.500. The maximum absolute atomic E-state index is 5.77. The van der Waals surface area contributed by atoms with Gasteiger partial charge in [-0.25, -0.2) is 0 Å². The number of nitrogens with zero attached hydrogens (tertiary/aromatic N) is 1. The third kappa shape index (κ3) is 6.67. The zero-order valence-corrected chi connectivity index (χ0v) is 11.8. The summed E-state index contributed by atoms with van der Waals surface area (Å²) in [6.45, 7) is 6.12. The Bertz CT molecular complexity index is 388. The molecule has 0 amide bonds. The van der Waals surface area contributed by atoms with E-state index in [1.54, 1.807) is 7.11 Å². The van der Waals surface area contributed by atoms with Crippen molar-refractivity contribution in [1.82, 2.24) is 0 Å². The maximum Gasteiger partial charge on any atom is 0.193 e. The molecule has 0 atom stereocenters. The summed E-state index contributed by atoms with van der Waals surface area (Å²) in [5, 5.41) is 3.01. The van der Waals surface area contributed by atoms with Gasteiger partial charge in [0.15, 0.2) is 5.96 Å². The van der Waals surface area contributed by atoms with E-state index < -0.39 is 0 Å². The fourth-order valence-corrected chi connectivity index (χ4v) is 1.41. The van der Waals surface area contributed by atoms with E-state index in [-0.39, 0.29) is 0 Å². The van der Waals surface area contributed by atoms with Crippen molar-refractivity contribution in [2.45, 2.75) is 13.8 Å². The molecule has 3 N–H and O–H groups in total. The minimum Gasteiger partial charge on any atom is -0.497 e. The second kappa shape index (κ2) is 8.37. The van der Waals surface area contributed by atoms with Crippen molar-refractivity contribution in [3.63, 3.8) is 0 Å². The molecule has 0 saturated heterocycles. The zero-order chi connectivity index (χ0) is 14.1. The minimum atomic E-state index is 0.387. The van der Waals surface area contributed by atoms with E-state index in [0.717, 1.165) is 18.0 Å². The zero-order valence-electron chi connectivity index (χ0n) is 11.8. The van der Waals surface area contributed by atoms with Crippen LogP contribution in [0.25, 0.3) is 0 Å². The number of hydrogen-bond acceptors (Lipinski definition) is 3. The Morgan fingerprint density at radius 3 is 2.58 bits per heavy atom. The number of ether oxygens (including phenoxy) is 2. The van der Waals surface area contributed by atoms with Crippen molar-refractivity contribution in [2.24, 2.45) is 16.6 Å². The van der Waals surface area contributed by atoms with Crippen LogP contribution in [0.1, 0.15) is 13.8 Å². The van der Waals surface area contributed by atoms with Crippen molar-refractivity contribution in [1.29, 1.82) is 0 Å². The summed E-state index contributed by atoms with van der Waals surface area (Å²) in [7, 11) is 1.63. The molecule has 19 heavy (non-hydrogen) atoms. The molecule has 0 aromatic heterocycles. The highest BCUT2D eigenvalue weighted by Crippen LogP contribution is 2.14. The van der Waals surface area contributed by atoms with Gasteiger partial charge in [-0.3, -0.25) is 4.99 Å². The SMILES string of the molecule is COc1ccc(NC(N)=NCCOCC(C)C)cc1. The van der Waals surface area contributed by atoms with Gasteiger partial charge in [-0.05, 0) is 30.2 Å². The van der Waals surface area contributed by atoms with Gasteiger partial charge >= 0.3 is 0 Å². The van der Waals surface area contributed by atoms with Gasteiger partial charge in [0, 0.05) is 12.3 Å². The number of rotatable bonds is 7. The number of aliphatic imine (C=N–C) groups is 1. The summed E-state index contributed by atoms with van der Waals surface area (Å²) < 4.78 is 10.5. The highest BCUT2D eigenvalue weighted by molar-refractivity contribution is 5.92. The molecular formula is C14H23N3O2. The fourth-order valence-electron chi connectivity index (χ4n) is 1.41. The Hall–Kier alpha value is -1.75. The Morgan fingerprint density at radius 2 is 2.00 bits per heavy atom. The van der Waals surface area contributed by atoms with E-state index >= 15 is 0 Å². The Morgan fingerprint density at radius 1 is 1.32 bits per heavy atom. The minimum absolute atomic E-state index is 0.387. The summed E-state index contributed by atoms with van der Waals surface area (Å²) in [6.07, 6.45) is 0. The summed E-state index contributed by atoms with van der Waals surface area (Å²) >= 11 is 0. The lowest BCUT2D eigenvalue weighted by atomic mass is 10.2. The molecule has 0 radical (unpaired) electrons. The summed E-state index contributed by atoms with van der Waals surface area (Å²) in [5.41, 5.74) is 6.65. The highest BCUT2D eigenvalue weighted by Gasteiger charge is 1.96. The molecular weight excluding hydrogens is 242 g/mol. The van der Waals surface area contributed by atoms with Crippen LogP contribution in [0.2, 0.25) is 0 Å². The van der Waals surface area contributed by atoms with Crippen molar-refractivity contribution >= 4 is 11.6 Å². The van der Waals surface area contributed by atoms with Crippen LogP contribution in [0.3, 0.4) is 0 Å². The number of anilines is 1. The molecule has 5 nitrogen and oxygen atoms in total. The van der Waals surface area contributed by atoms with E-state index in [4.69, 9.17) is 15.2 Å².